The number of nitrogens with two attached hydrogens (primary N) is 2. The standard InChI is InChI=1S/2C26H29ClFN5O3/c2*1-35-22-13-20-17(26(31-14-30-20)32-19-5-2-4-18(27)24(19)28)12-23(22)36-16-9-7-15(8-10-16)33-11-3-6-21(33)25(29)34/h2*2,4-5,12-16,21H,3,6-11H2,1H3,(H2,29,34)(H,30,31,32)/t2*15?,16?,21-/m00/s1. The van der Waals surface area contributed by atoms with Crippen LogP contribution in [0.4, 0.5) is 31.8 Å². The zero-order chi connectivity index (χ0) is 50.5. The average Bonchev–Trinajstić information content (AvgIpc) is 4.10. The molecule has 4 aromatic carbocycles. The van der Waals surface area contributed by atoms with Crippen LogP contribution in [0.2, 0.25) is 10.0 Å². The summed E-state index contributed by atoms with van der Waals surface area (Å²) < 4.78 is 53.0. The Hall–Kier alpha value is -6.34. The van der Waals surface area contributed by atoms with Crippen LogP contribution in [0.15, 0.2) is 73.3 Å². The first-order valence-corrected chi connectivity index (χ1v) is 25.2. The number of hydrogen-bond donors (Lipinski definition) is 4. The van der Waals surface area contributed by atoms with Gasteiger partial charge in [-0.3, -0.25) is 19.4 Å². The number of methoxy groups -OCH3 is 2. The highest BCUT2D eigenvalue weighted by atomic mass is 35.5. The smallest absolute Gasteiger partial charge is 0.234 e. The molecule has 20 heteroatoms. The lowest BCUT2D eigenvalue weighted by atomic mass is 9.91. The number of primary amides is 2. The number of carbonyl (C=O) groups is 2. The van der Waals surface area contributed by atoms with Crippen LogP contribution < -0.4 is 41.0 Å². The van der Waals surface area contributed by atoms with Gasteiger partial charge in [0.1, 0.15) is 24.3 Å². The van der Waals surface area contributed by atoms with Crippen molar-refractivity contribution >= 4 is 79.8 Å². The Morgan fingerprint density at radius 3 is 1.36 bits per heavy atom. The number of aromatic nitrogens is 4. The molecule has 0 bridgehead atoms. The monoisotopic (exact) mass is 1030 g/mol. The van der Waals surface area contributed by atoms with Crippen molar-refractivity contribution in [1.29, 1.82) is 0 Å². The number of rotatable bonds is 14. The van der Waals surface area contributed by atoms with E-state index in [1.54, 1.807) is 50.6 Å². The first-order chi connectivity index (χ1) is 34.9. The number of fused-ring (bicyclic) bond motifs is 2. The quantitative estimate of drug-likeness (QED) is 0.0802. The molecule has 2 atom stereocenters. The number of halogens is 4. The molecular formula is C52H58Cl2F2N10O6. The van der Waals surface area contributed by atoms with Crippen molar-refractivity contribution in [3.63, 3.8) is 0 Å². The van der Waals surface area contributed by atoms with Crippen LogP contribution in [0.5, 0.6) is 23.0 Å². The number of anilines is 4. The second-order valence-electron chi connectivity index (χ2n) is 18.6. The van der Waals surface area contributed by atoms with Gasteiger partial charge in [-0.25, -0.2) is 28.7 Å². The van der Waals surface area contributed by atoms with Gasteiger partial charge in [-0.1, -0.05) is 35.3 Å². The summed E-state index contributed by atoms with van der Waals surface area (Å²) in [7, 11) is 3.17. The molecule has 2 amide bonds. The Morgan fingerprint density at radius 1 is 0.583 bits per heavy atom. The van der Waals surface area contributed by atoms with Gasteiger partial charge in [0.2, 0.25) is 11.8 Å². The number of amides is 2. The minimum absolute atomic E-state index is 0.00800. The maximum Gasteiger partial charge on any atom is 0.234 e. The summed E-state index contributed by atoms with van der Waals surface area (Å²) in [6.07, 6.45) is 13.7. The van der Waals surface area contributed by atoms with Crippen LogP contribution in [-0.2, 0) is 9.59 Å². The van der Waals surface area contributed by atoms with Crippen molar-refractivity contribution in [1.82, 2.24) is 29.7 Å². The van der Waals surface area contributed by atoms with E-state index < -0.39 is 11.6 Å². The molecule has 0 radical (unpaired) electrons. The van der Waals surface area contributed by atoms with E-state index in [0.29, 0.717) is 68.5 Å². The number of hydrogen-bond acceptors (Lipinski definition) is 14. The van der Waals surface area contributed by atoms with Crippen LogP contribution in [-0.4, -0.2) is 105 Å². The molecule has 10 rings (SSSR count). The number of ether oxygens (including phenoxy) is 4. The van der Waals surface area contributed by atoms with Crippen molar-refractivity contribution in [2.24, 2.45) is 11.5 Å². The van der Waals surface area contributed by atoms with Crippen molar-refractivity contribution in [2.45, 2.75) is 113 Å². The number of nitrogens with zero attached hydrogens (tertiary/aromatic N) is 6. The summed E-state index contributed by atoms with van der Waals surface area (Å²) in [4.78, 5) is 45.5. The summed E-state index contributed by atoms with van der Waals surface area (Å²) >= 11 is 11.9. The zero-order valence-corrected chi connectivity index (χ0v) is 41.6. The van der Waals surface area contributed by atoms with E-state index in [4.69, 9.17) is 53.6 Å². The highest BCUT2D eigenvalue weighted by Crippen LogP contribution is 2.41. The number of nitrogens with one attached hydrogen (secondary N) is 2. The molecule has 6 N–H and O–H groups in total. The molecule has 6 aromatic rings. The van der Waals surface area contributed by atoms with Crippen molar-refractivity contribution in [2.75, 3.05) is 37.9 Å². The summed E-state index contributed by atoms with van der Waals surface area (Å²) in [5.41, 5.74) is 12.9. The van der Waals surface area contributed by atoms with Gasteiger partial charge in [-0.05, 0) is 127 Å². The number of carbonyl (C=O) groups excluding carboxylic acids is 2. The Kier molecular flexibility index (Phi) is 15.9. The third kappa shape index (κ3) is 11.2. The van der Waals surface area contributed by atoms with E-state index in [-0.39, 0.29) is 57.5 Å². The fourth-order valence-electron chi connectivity index (χ4n) is 10.7. The molecule has 2 saturated carbocycles. The van der Waals surface area contributed by atoms with Gasteiger partial charge in [-0.15, -0.1) is 0 Å². The Bertz CT molecular complexity index is 2730. The van der Waals surface area contributed by atoms with E-state index >= 15 is 0 Å². The molecule has 0 spiro atoms. The highest BCUT2D eigenvalue weighted by Gasteiger charge is 2.38. The summed E-state index contributed by atoms with van der Waals surface area (Å²) in [6, 6.07) is 17.1. The van der Waals surface area contributed by atoms with Crippen LogP contribution in [0.25, 0.3) is 21.8 Å². The summed E-state index contributed by atoms with van der Waals surface area (Å²) in [6.45, 7) is 1.84. The number of likely N-dealkylation sites (tertiary alicyclic amines) is 2. The lowest BCUT2D eigenvalue weighted by Gasteiger charge is -2.37. The molecule has 16 nitrogen and oxygen atoms in total. The highest BCUT2D eigenvalue weighted by molar-refractivity contribution is 6.31. The Balaban J connectivity index is 0.000000178. The van der Waals surface area contributed by atoms with Gasteiger partial charge in [0.25, 0.3) is 0 Å². The normalized spacial score (nSPS) is 22.5. The lowest BCUT2D eigenvalue weighted by Crippen LogP contribution is -2.47. The SMILES string of the molecule is COc1cc2ncnc(Nc3cccc(Cl)c3F)c2cc1OC1CCC(N2CCC[C@H]2C(N)=O)CC1.COc1cc2ncnc(Nc3cccc(Cl)c3F)c2cc1OC1CCC(N2CCC[C@H]2C(N)=O)CC1. The van der Waals surface area contributed by atoms with Crippen molar-refractivity contribution in [3.8, 4) is 23.0 Å². The van der Waals surface area contributed by atoms with Gasteiger partial charge in [0.05, 0.1) is 71.0 Å². The van der Waals surface area contributed by atoms with Gasteiger partial charge in [0.15, 0.2) is 34.6 Å². The molecule has 380 valence electrons. The zero-order valence-electron chi connectivity index (χ0n) is 40.1. The minimum Gasteiger partial charge on any atom is -0.493 e. The van der Waals surface area contributed by atoms with Crippen LogP contribution >= 0.6 is 23.2 Å². The first-order valence-electron chi connectivity index (χ1n) is 24.4. The second-order valence-corrected chi connectivity index (χ2v) is 19.4. The number of benzene rings is 4. The maximum absolute atomic E-state index is 14.5. The van der Waals surface area contributed by atoms with Crippen LogP contribution in [0.3, 0.4) is 0 Å². The lowest BCUT2D eigenvalue weighted by molar-refractivity contribution is -0.124. The fraction of sp³-hybridized carbons (Fsp3) is 0.423. The summed E-state index contributed by atoms with van der Waals surface area (Å²) in [5, 5.41) is 7.43. The largest absolute Gasteiger partial charge is 0.493 e. The molecule has 2 aliphatic carbocycles. The first kappa shape index (κ1) is 50.6. The molecule has 2 saturated heterocycles. The Labute approximate surface area is 426 Å². The fourth-order valence-corrected chi connectivity index (χ4v) is 11.0. The Morgan fingerprint density at radius 2 is 0.986 bits per heavy atom. The molecule has 4 fully saturated rings. The molecule has 72 heavy (non-hydrogen) atoms. The third-order valence-electron chi connectivity index (χ3n) is 14.3. The van der Waals surface area contributed by atoms with E-state index in [9.17, 15) is 18.4 Å². The van der Waals surface area contributed by atoms with Crippen LogP contribution in [0, 0.1) is 11.6 Å². The van der Waals surface area contributed by atoms with Crippen molar-refractivity contribution < 1.29 is 37.3 Å². The van der Waals surface area contributed by atoms with Crippen molar-refractivity contribution in [3.05, 3.63) is 95.0 Å². The van der Waals surface area contributed by atoms with Gasteiger partial charge in [0, 0.05) is 35.0 Å². The predicted molar refractivity (Wildman–Crippen MR) is 273 cm³/mol. The molecule has 0 unspecified atom stereocenters. The topological polar surface area (TPSA) is 205 Å². The molecule has 4 heterocycles. The van der Waals surface area contributed by atoms with E-state index in [1.807, 2.05) is 12.1 Å². The minimum atomic E-state index is -0.552. The second kappa shape index (κ2) is 22.6. The molecule has 2 aromatic heterocycles. The molecule has 4 aliphatic rings. The summed E-state index contributed by atoms with van der Waals surface area (Å²) in [5.74, 6) is 1.60. The van der Waals surface area contributed by atoms with Gasteiger partial charge >= 0.3 is 0 Å². The predicted octanol–water partition coefficient (Wildman–Crippen LogP) is 9.63. The molecular weight excluding hydrogens is 970 g/mol. The maximum atomic E-state index is 14.5. The van der Waals surface area contributed by atoms with Gasteiger partial charge in [-0.2, -0.15) is 0 Å². The van der Waals surface area contributed by atoms with E-state index in [0.717, 1.165) is 90.1 Å². The van der Waals surface area contributed by atoms with Gasteiger partial charge < -0.3 is 41.0 Å². The molecule has 2 aliphatic heterocycles. The van der Waals surface area contributed by atoms with Crippen LogP contribution in [0.1, 0.15) is 77.0 Å². The third-order valence-corrected chi connectivity index (χ3v) is 14.9. The van der Waals surface area contributed by atoms with E-state index in [1.165, 1.54) is 24.8 Å². The van der Waals surface area contributed by atoms with E-state index in [2.05, 4.69) is 40.4 Å². The average molecular weight is 1030 g/mol.